The zero-order valence-electron chi connectivity index (χ0n) is 16.6. The number of anilines is 1. The number of hydrogen-bond donors (Lipinski definition) is 3. The monoisotopic (exact) mass is 408 g/mol. The highest BCUT2D eigenvalue weighted by Gasteiger charge is 2.22. The second kappa shape index (κ2) is 7.11. The number of para-hydroxylation sites is 1. The predicted octanol–water partition coefficient (Wildman–Crippen LogP) is 2.62. The molecule has 4 N–H and O–H groups in total. The fourth-order valence-electron chi connectivity index (χ4n) is 3.38. The summed E-state index contributed by atoms with van der Waals surface area (Å²) in [6.07, 6.45) is -1.13. The molecule has 0 radical (unpaired) electrons. The third kappa shape index (κ3) is 3.00. The number of nitrogens with zero attached hydrogens (tertiary/aromatic N) is 2. The molecule has 0 bridgehead atoms. The smallest absolute Gasteiger partial charge is 0.344 e. The Bertz CT molecular complexity index is 1360. The number of nitrogen functional groups attached to an aromatic ring is 1. The van der Waals surface area contributed by atoms with Crippen LogP contribution < -0.4 is 20.8 Å². The van der Waals surface area contributed by atoms with Crippen LogP contribution in [0.3, 0.4) is 0 Å². The van der Waals surface area contributed by atoms with Crippen molar-refractivity contribution < 1.29 is 19.4 Å². The molecule has 2 aromatic heterocycles. The third-order valence-electron chi connectivity index (χ3n) is 4.94. The molecule has 154 valence electrons. The molecule has 0 aliphatic carbocycles. The van der Waals surface area contributed by atoms with Gasteiger partial charge in [-0.25, -0.2) is 9.48 Å². The number of ether oxygens (including phenoxy) is 2. The number of H-pyrrole nitrogens is 1. The molecule has 1 atom stereocenters. The summed E-state index contributed by atoms with van der Waals surface area (Å²) in [6, 6.07) is 10.7. The van der Waals surface area contributed by atoms with Crippen LogP contribution in [-0.2, 0) is 4.79 Å². The average molecular weight is 408 g/mol. The van der Waals surface area contributed by atoms with Gasteiger partial charge in [0.15, 0.2) is 6.10 Å². The van der Waals surface area contributed by atoms with Crippen molar-refractivity contribution in [2.45, 2.75) is 20.0 Å². The lowest BCUT2D eigenvalue weighted by Gasteiger charge is -2.14. The number of methoxy groups -OCH3 is 1. The van der Waals surface area contributed by atoms with Crippen LogP contribution in [0, 0.1) is 6.92 Å². The van der Waals surface area contributed by atoms with E-state index >= 15 is 0 Å². The van der Waals surface area contributed by atoms with Gasteiger partial charge in [-0.3, -0.25) is 4.79 Å². The fraction of sp³-hybridized carbons (Fsp3) is 0.190. The number of carboxylic acids is 1. The number of carbonyl (C=O) groups is 1. The van der Waals surface area contributed by atoms with Crippen LogP contribution in [0.4, 0.5) is 5.82 Å². The van der Waals surface area contributed by atoms with Crippen molar-refractivity contribution in [3.63, 3.8) is 0 Å². The zero-order valence-corrected chi connectivity index (χ0v) is 16.6. The van der Waals surface area contributed by atoms with E-state index < -0.39 is 17.6 Å². The van der Waals surface area contributed by atoms with Crippen molar-refractivity contribution >= 4 is 33.6 Å². The number of aliphatic carboxylic acids is 1. The van der Waals surface area contributed by atoms with Gasteiger partial charge in [-0.15, -0.1) is 0 Å². The number of carboxylic acid groups (broad SMARTS) is 1. The lowest BCUT2D eigenvalue weighted by Crippen LogP contribution is -2.23. The van der Waals surface area contributed by atoms with Gasteiger partial charge in [-0.05, 0) is 25.5 Å². The summed E-state index contributed by atoms with van der Waals surface area (Å²) in [5, 5.41) is 14.5. The number of hydrogen-bond acceptors (Lipinski definition) is 6. The normalized spacial score (nSPS) is 12.2. The highest BCUT2D eigenvalue weighted by Crippen LogP contribution is 2.36. The van der Waals surface area contributed by atoms with E-state index in [0.29, 0.717) is 22.2 Å². The van der Waals surface area contributed by atoms with Crippen molar-refractivity contribution in [1.82, 2.24) is 14.8 Å². The molecule has 4 aromatic rings. The SMILES string of the molecule is COc1cc(OC(C)C(=O)O)c2c(c1)[nH]c(=O)c1c(N)n(-c3ccccc3C)nc12. The Kier molecular flexibility index (Phi) is 4.57. The Morgan fingerprint density at radius 2 is 2.00 bits per heavy atom. The summed E-state index contributed by atoms with van der Waals surface area (Å²) in [7, 11) is 1.47. The van der Waals surface area contributed by atoms with E-state index in [4.69, 9.17) is 15.2 Å². The van der Waals surface area contributed by atoms with Crippen LogP contribution in [0.15, 0.2) is 41.2 Å². The molecule has 0 saturated carbocycles. The van der Waals surface area contributed by atoms with Gasteiger partial charge in [0.2, 0.25) is 0 Å². The molecular formula is C21H20N4O5. The number of aryl methyl sites for hydroxylation is 1. The highest BCUT2D eigenvalue weighted by molar-refractivity contribution is 6.10. The molecule has 0 spiro atoms. The van der Waals surface area contributed by atoms with Crippen molar-refractivity contribution in [2.75, 3.05) is 12.8 Å². The lowest BCUT2D eigenvalue weighted by molar-refractivity contribution is -0.144. The Balaban J connectivity index is 2.09. The Labute approximate surface area is 170 Å². The maximum atomic E-state index is 12.8. The van der Waals surface area contributed by atoms with Crippen molar-refractivity contribution in [3.8, 4) is 17.2 Å². The minimum atomic E-state index is -1.13. The van der Waals surface area contributed by atoms with Gasteiger partial charge in [0.25, 0.3) is 5.56 Å². The maximum absolute atomic E-state index is 12.8. The van der Waals surface area contributed by atoms with E-state index in [1.165, 1.54) is 18.7 Å². The minimum Gasteiger partial charge on any atom is -0.497 e. The molecule has 0 fully saturated rings. The summed E-state index contributed by atoms with van der Waals surface area (Å²) in [6.45, 7) is 3.33. The number of nitrogens with one attached hydrogen (secondary N) is 1. The van der Waals surface area contributed by atoms with Crippen LogP contribution in [0.5, 0.6) is 11.5 Å². The zero-order chi connectivity index (χ0) is 21.6. The first kappa shape index (κ1) is 19.3. The first-order chi connectivity index (χ1) is 14.3. The molecule has 2 heterocycles. The number of aromatic nitrogens is 3. The molecule has 9 heteroatoms. The number of aromatic amines is 1. The quantitative estimate of drug-likeness (QED) is 0.462. The molecule has 1 unspecified atom stereocenters. The van der Waals surface area contributed by atoms with E-state index in [2.05, 4.69) is 10.1 Å². The number of benzene rings is 2. The molecule has 0 saturated heterocycles. The summed E-state index contributed by atoms with van der Waals surface area (Å²) < 4.78 is 12.4. The van der Waals surface area contributed by atoms with Crippen LogP contribution in [0.1, 0.15) is 12.5 Å². The standard InChI is InChI=1S/C21H20N4O5/c1-10-6-4-5-7-14(10)25-19(22)17-18(24-25)16-13(23-20(17)26)8-12(29-3)9-15(16)30-11(2)21(27)28/h4-9,11H,22H2,1-3H3,(H,23,26)(H,27,28). The minimum absolute atomic E-state index is 0.176. The summed E-state index contributed by atoms with van der Waals surface area (Å²) in [5.74, 6) is -0.335. The fourth-order valence-corrected chi connectivity index (χ4v) is 3.38. The van der Waals surface area contributed by atoms with Gasteiger partial charge in [0, 0.05) is 12.1 Å². The predicted molar refractivity (Wildman–Crippen MR) is 113 cm³/mol. The number of rotatable bonds is 5. The second-order valence-electron chi connectivity index (χ2n) is 6.91. The topological polar surface area (TPSA) is 132 Å². The Morgan fingerprint density at radius 3 is 2.67 bits per heavy atom. The van der Waals surface area contributed by atoms with Gasteiger partial charge in [0.1, 0.15) is 28.2 Å². The first-order valence-electron chi connectivity index (χ1n) is 9.19. The average Bonchev–Trinajstić information content (AvgIpc) is 3.05. The molecule has 30 heavy (non-hydrogen) atoms. The second-order valence-corrected chi connectivity index (χ2v) is 6.91. The van der Waals surface area contributed by atoms with Gasteiger partial charge in [-0.1, -0.05) is 18.2 Å². The molecule has 0 aliphatic rings. The molecule has 0 aliphatic heterocycles. The van der Waals surface area contributed by atoms with Gasteiger partial charge in [-0.2, -0.15) is 5.10 Å². The summed E-state index contributed by atoms with van der Waals surface area (Å²) in [4.78, 5) is 26.9. The van der Waals surface area contributed by atoms with Crippen LogP contribution >= 0.6 is 0 Å². The van der Waals surface area contributed by atoms with Crippen molar-refractivity contribution in [3.05, 3.63) is 52.3 Å². The summed E-state index contributed by atoms with van der Waals surface area (Å²) in [5.41, 5.74) is 8.26. The van der Waals surface area contributed by atoms with Crippen LogP contribution in [0.25, 0.3) is 27.5 Å². The van der Waals surface area contributed by atoms with E-state index in [1.807, 2.05) is 31.2 Å². The van der Waals surface area contributed by atoms with Crippen LogP contribution in [0.2, 0.25) is 0 Å². The number of fused-ring (bicyclic) bond motifs is 3. The molecule has 2 aromatic carbocycles. The van der Waals surface area contributed by atoms with E-state index in [9.17, 15) is 14.7 Å². The third-order valence-corrected chi connectivity index (χ3v) is 4.94. The van der Waals surface area contributed by atoms with Crippen LogP contribution in [-0.4, -0.2) is 39.1 Å². The van der Waals surface area contributed by atoms with Crippen molar-refractivity contribution in [2.24, 2.45) is 0 Å². The van der Waals surface area contributed by atoms with Gasteiger partial charge >= 0.3 is 5.97 Å². The molecule has 0 amide bonds. The maximum Gasteiger partial charge on any atom is 0.344 e. The summed E-state index contributed by atoms with van der Waals surface area (Å²) >= 11 is 0. The molecule has 4 rings (SSSR count). The largest absolute Gasteiger partial charge is 0.497 e. The van der Waals surface area contributed by atoms with Gasteiger partial charge in [0.05, 0.1) is 23.7 Å². The van der Waals surface area contributed by atoms with E-state index in [-0.39, 0.29) is 17.0 Å². The Hall–Kier alpha value is -4.01. The van der Waals surface area contributed by atoms with E-state index in [1.54, 1.807) is 12.1 Å². The molecular weight excluding hydrogens is 388 g/mol. The lowest BCUT2D eigenvalue weighted by atomic mass is 10.1. The van der Waals surface area contributed by atoms with Crippen molar-refractivity contribution in [1.29, 1.82) is 0 Å². The molecule has 9 nitrogen and oxygen atoms in total. The number of pyridine rings is 1. The van der Waals surface area contributed by atoms with E-state index in [0.717, 1.165) is 11.3 Å². The van der Waals surface area contributed by atoms with Gasteiger partial charge < -0.3 is 25.3 Å². The Morgan fingerprint density at radius 1 is 1.27 bits per heavy atom. The number of nitrogens with two attached hydrogens (primary N) is 1. The highest BCUT2D eigenvalue weighted by atomic mass is 16.5. The first-order valence-corrected chi connectivity index (χ1v) is 9.19.